The summed E-state index contributed by atoms with van der Waals surface area (Å²) in [6.45, 7) is 15.0. The molecule has 1 unspecified atom stereocenters. The third-order valence-electron chi connectivity index (χ3n) is 9.67. The topological polar surface area (TPSA) is 44.8 Å². The fourth-order valence-electron chi connectivity index (χ4n) is 7.42. The molecule has 224 valence electrons. The zero-order valence-electron chi connectivity index (χ0n) is 26.3. The normalized spacial score (nSPS) is 23.6. The number of nitrogens with zero attached hydrogens (tertiary/aromatic N) is 2. The van der Waals surface area contributed by atoms with Crippen molar-refractivity contribution in [1.29, 1.82) is 0 Å². The van der Waals surface area contributed by atoms with Crippen LogP contribution in [0.2, 0.25) is 0 Å². The molecule has 3 aromatic rings. The van der Waals surface area contributed by atoms with Gasteiger partial charge in [-0.3, -0.25) is 9.69 Å². The number of rotatable bonds is 10. The number of methoxy groups -OCH3 is 1. The Morgan fingerprint density at radius 3 is 2.14 bits per heavy atom. The van der Waals surface area contributed by atoms with E-state index in [-0.39, 0.29) is 35.3 Å². The second-order valence-electron chi connectivity index (χ2n) is 13.0. The average molecular weight is 568 g/mol. The van der Waals surface area contributed by atoms with Crippen LogP contribution in [0.3, 0.4) is 0 Å². The van der Waals surface area contributed by atoms with E-state index in [0.29, 0.717) is 12.5 Å². The third kappa shape index (κ3) is 6.14. The molecule has 3 aliphatic heterocycles. The molecule has 5 atom stereocenters. The number of benzene rings is 3. The van der Waals surface area contributed by atoms with Gasteiger partial charge in [0.2, 0.25) is 5.91 Å². The highest BCUT2D eigenvalue weighted by Crippen LogP contribution is 2.45. The van der Waals surface area contributed by atoms with E-state index in [1.54, 1.807) is 7.11 Å². The van der Waals surface area contributed by atoms with Crippen molar-refractivity contribution in [2.24, 2.45) is 11.8 Å². The molecular weight excluding hydrogens is 518 g/mol. The first-order valence-electron chi connectivity index (χ1n) is 15.8. The van der Waals surface area contributed by atoms with E-state index >= 15 is 0 Å². The lowest BCUT2D eigenvalue weighted by Gasteiger charge is -2.57. The molecule has 5 nitrogen and oxygen atoms in total. The molecule has 0 saturated carbocycles. The highest BCUT2D eigenvalue weighted by molar-refractivity contribution is 5.80. The van der Waals surface area contributed by atoms with E-state index in [4.69, 9.17) is 4.74 Å². The Bertz CT molecular complexity index is 1280. The number of nitrogens with one attached hydrogen (secondary N) is 1. The summed E-state index contributed by atoms with van der Waals surface area (Å²) in [5.74, 6) is 1.68. The van der Waals surface area contributed by atoms with Crippen LogP contribution in [0, 0.1) is 11.8 Å². The fraction of sp³-hybridized carbons (Fsp3) is 0.486. The van der Waals surface area contributed by atoms with E-state index in [2.05, 4.69) is 124 Å². The maximum Gasteiger partial charge on any atom is 0.227 e. The molecule has 3 saturated heterocycles. The molecular formula is C37H49N3O2. The number of hydrogen-bond acceptors (Lipinski definition) is 4. The maximum absolute atomic E-state index is 13.9. The molecule has 6 rings (SSSR count). The Kier molecular flexibility index (Phi) is 9.39. The van der Waals surface area contributed by atoms with Crippen molar-refractivity contribution in [3.8, 4) is 5.75 Å². The van der Waals surface area contributed by atoms with Crippen LogP contribution >= 0.6 is 0 Å². The standard InChI is InChI=1S/C37H49N3O2/c1-7-39(8-2)36(41)31-25-40-22-21-30(31)34(38-24-28-23-29(37(3,4)5)19-20-32(28)42-6)35(40)33(26-15-11-9-12-16-26)27-17-13-10-14-18-27/h9-20,23,30-31,33-35,38H,7-8,21-22,24-25H2,1-6H3/t30-,31-,34-,35-/m0/s1. The van der Waals surface area contributed by atoms with Crippen LogP contribution in [-0.2, 0) is 16.8 Å². The molecule has 0 aromatic heterocycles. The van der Waals surface area contributed by atoms with Gasteiger partial charge >= 0.3 is 0 Å². The minimum absolute atomic E-state index is 0.00222. The van der Waals surface area contributed by atoms with Crippen molar-refractivity contribution in [3.05, 3.63) is 101 Å². The van der Waals surface area contributed by atoms with E-state index in [0.717, 1.165) is 38.3 Å². The molecule has 3 aromatic carbocycles. The van der Waals surface area contributed by atoms with Gasteiger partial charge in [0.15, 0.2) is 0 Å². The molecule has 3 aliphatic rings. The lowest BCUT2D eigenvalue weighted by molar-refractivity contribution is -0.145. The van der Waals surface area contributed by atoms with Gasteiger partial charge in [-0.15, -0.1) is 0 Å². The predicted octanol–water partition coefficient (Wildman–Crippen LogP) is 6.47. The van der Waals surface area contributed by atoms with Crippen LogP contribution in [0.1, 0.15) is 69.2 Å². The Balaban J connectivity index is 1.56. The third-order valence-corrected chi connectivity index (χ3v) is 9.67. The summed E-state index contributed by atoms with van der Waals surface area (Å²) in [6, 6.07) is 28.8. The van der Waals surface area contributed by atoms with E-state index < -0.39 is 0 Å². The summed E-state index contributed by atoms with van der Waals surface area (Å²) < 4.78 is 5.84. The van der Waals surface area contributed by atoms with Gasteiger partial charge in [0, 0.05) is 49.7 Å². The number of carbonyl (C=O) groups excluding carboxylic acids is 1. The van der Waals surface area contributed by atoms with Gasteiger partial charge in [0.25, 0.3) is 0 Å². The highest BCUT2D eigenvalue weighted by atomic mass is 16.5. The van der Waals surface area contributed by atoms with Crippen molar-refractivity contribution in [2.75, 3.05) is 33.3 Å². The van der Waals surface area contributed by atoms with Crippen LogP contribution in [0.4, 0.5) is 0 Å². The molecule has 0 spiro atoms. The van der Waals surface area contributed by atoms with Gasteiger partial charge in [-0.25, -0.2) is 0 Å². The van der Waals surface area contributed by atoms with Crippen molar-refractivity contribution in [3.63, 3.8) is 0 Å². The maximum atomic E-state index is 13.9. The molecule has 0 radical (unpaired) electrons. The SMILES string of the molecule is CCN(CC)C(=O)[C@H]1CN2CC[C@@H]1[C@H](NCc1cc(C(C)(C)C)ccc1OC)[C@@H]2C(c1ccccc1)c1ccccc1. The molecule has 1 N–H and O–H groups in total. The molecule has 0 aliphatic carbocycles. The first kappa shape index (κ1) is 30.3. The monoisotopic (exact) mass is 567 g/mol. The summed E-state index contributed by atoms with van der Waals surface area (Å²) in [7, 11) is 1.76. The second kappa shape index (κ2) is 13.0. The van der Waals surface area contributed by atoms with Gasteiger partial charge < -0.3 is 15.0 Å². The van der Waals surface area contributed by atoms with Gasteiger partial charge in [-0.05, 0) is 60.9 Å². The Labute approximate surface area is 253 Å². The second-order valence-corrected chi connectivity index (χ2v) is 13.0. The van der Waals surface area contributed by atoms with Crippen LogP contribution in [0.5, 0.6) is 5.75 Å². The van der Waals surface area contributed by atoms with Gasteiger partial charge in [-0.2, -0.15) is 0 Å². The lowest BCUT2D eigenvalue weighted by Crippen LogP contribution is -2.69. The molecule has 3 heterocycles. The first-order valence-corrected chi connectivity index (χ1v) is 15.8. The van der Waals surface area contributed by atoms with Crippen LogP contribution in [0.25, 0.3) is 0 Å². The number of piperidine rings is 3. The fourth-order valence-corrected chi connectivity index (χ4v) is 7.42. The average Bonchev–Trinajstić information content (AvgIpc) is 3.01. The lowest BCUT2D eigenvalue weighted by atomic mass is 9.66. The molecule has 5 heteroatoms. The molecule has 1 amide bonds. The minimum atomic E-state index is 0.00222. The van der Waals surface area contributed by atoms with Crippen molar-refractivity contribution < 1.29 is 9.53 Å². The first-order chi connectivity index (χ1) is 20.3. The van der Waals surface area contributed by atoms with Crippen LogP contribution < -0.4 is 10.1 Å². The Morgan fingerprint density at radius 1 is 0.976 bits per heavy atom. The van der Waals surface area contributed by atoms with Gasteiger partial charge in [0.1, 0.15) is 5.75 Å². The largest absolute Gasteiger partial charge is 0.496 e. The van der Waals surface area contributed by atoms with Crippen molar-refractivity contribution in [1.82, 2.24) is 15.1 Å². The minimum Gasteiger partial charge on any atom is -0.496 e. The molecule has 2 bridgehead atoms. The van der Waals surface area contributed by atoms with Gasteiger partial charge in [0.05, 0.1) is 13.0 Å². The highest BCUT2D eigenvalue weighted by Gasteiger charge is 2.52. The van der Waals surface area contributed by atoms with Gasteiger partial charge in [-0.1, -0.05) is 93.6 Å². The summed E-state index contributed by atoms with van der Waals surface area (Å²) in [5.41, 5.74) is 5.17. The zero-order valence-corrected chi connectivity index (χ0v) is 26.3. The Morgan fingerprint density at radius 2 is 1.60 bits per heavy atom. The number of fused-ring (bicyclic) bond motifs is 3. The molecule has 42 heavy (non-hydrogen) atoms. The van der Waals surface area contributed by atoms with Crippen molar-refractivity contribution >= 4 is 5.91 Å². The summed E-state index contributed by atoms with van der Waals surface area (Å²) in [6.07, 6.45) is 1.03. The Hall–Kier alpha value is -3.15. The quantitative estimate of drug-likeness (QED) is 0.305. The smallest absolute Gasteiger partial charge is 0.227 e. The van der Waals surface area contributed by atoms with Crippen molar-refractivity contribution in [2.45, 2.75) is 71.0 Å². The zero-order chi connectivity index (χ0) is 29.9. The summed E-state index contributed by atoms with van der Waals surface area (Å²) in [4.78, 5) is 18.5. The number of amides is 1. The van der Waals surface area contributed by atoms with Crippen LogP contribution in [0.15, 0.2) is 78.9 Å². The van der Waals surface area contributed by atoms with Crippen LogP contribution in [-0.4, -0.2) is 61.1 Å². The summed E-state index contributed by atoms with van der Waals surface area (Å²) in [5, 5.41) is 4.06. The van der Waals surface area contributed by atoms with E-state index in [1.165, 1.54) is 22.3 Å². The van der Waals surface area contributed by atoms with E-state index in [1.807, 2.05) is 4.90 Å². The molecule has 3 fully saturated rings. The predicted molar refractivity (Wildman–Crippen MR) is 172 cm³/mol. The van der Waals surface area contributed by atoms with E-state index in [9.17, 15) is 4.79 Å². The number of hydrogen-bond donors (Lipinski definition) is 1. The number of carbonyl (C=O) groups is 1. The summed E-state index contributed by atoms with van der Waals surface area (Å²) >= 11 is 0. The number of ether oxygens (including phenoxy) is 1.